The molecule has 1 aliphatic carbocycles. The van der Waals surface area contributed by atoms with Crippen LogP contribution < -0.4 is 5.32 Å². The summed E-state index contributed by atoms with van der Waals surface area (Å²) in [5, 5.41) is 7.67. The van der Waals surface area contributed by atoms with Crippen molar-refractivity contribution in [3.8, 4) is 0 Å². The molecule has 2 aromatic heterocycles. The number of rotatable bonds is 6. The lowest BCUT2D eigenvalue weighted by Gasteiger charge is -2.24. The minimum Gasteiger partial charge on any atom is -0.356 e. The Kier molecular flexibility index (Phi) is 4.35. The Hall–Kier alpha value is -1.78. The van der Waals surface area contributed by atoms with Crippen molar-refractivity contribution in [3.63, 3.8) is 0 Å². The molecular formula is C15H23N5. The van der Waals surface area contributed by atoms with Gasteiger partial charge >= 0.3 is 0 Å². The van der Waals surface area contributed by atoms with E-state index in [1.165, 1.54) is 32.1 Å². The average Bonchev–Trinajstić information content (AvgIpc) is 3.16. The van der Waals surface area contributed by atoms with E-state index >= 15 is 0 Å². The standard InChI is InChI=1S/C15H23N5/c1-2-6-14(7-3-1)20-13-10-17-15(20)16-8-4-11-19-12-5-9-18-19/h5,9-10,12-14H,1-4,6-8,11H2,(H,16,17). The lowest BCUT2D eigenvalue weighted by Crippen LogP contribution is -2.16. The van der Waals surface area contributed by atoms with Crippen molar-refractivity contribution in [3.05, 3.63) is 30.9 Å². The van der Waals surface area contributed by atoms with Crippen molar-refractivity contribution in [2.45, 2.75) is 51.1 Å². The Morgan fingerprint density at radius 3 is 2.85 bits per heavy atom. The predicted molar refractivity (Wildman–Crippen MR) is 79.7 cm³/mol. The van der Waals surface area contributed by atoms with Crippen LogP contribution >= 0.6 is 0 Å². The number of hydrogen-bond acceptors (Lipinski definition) is 3. The minimum atomic E-state index is 0.639. The second-order valence-electron chi connectivity index (χ2n) is 5.50. The van der Waals surface area contributed by atoms with E-state index in [0.717, 1.165) is 25.5 Å². The summed E-state index contributed by atoms with van der Waals surface area (Å²) in [6.07, 6.45) is 15.6. The number of anilines is 1. The van der Waals surface area contributed by atoms with E-state index in [-0.39, 0.29) is 0 Å². The van der Waals surface area contributed by atoms with Gasteiger partial charge in [0.05, 0.1) is 0 Å². The van der Waals surface area contributed by atoms with E-state index in [4.69, 9.17) is 0 Å². The first kappa shape index (κ1) is 13.2. The van der Waals surface area contributed by atoms with Crippen LogP contribution in [-0.4, -0.2) is 25.9 Å². The lowest BCUT2D eigenvalue weighted by molar-refractivity contribution is 0.355. The minimum absolute atomic E-state index is 0.639. The van der Waals surface area contributed by atoms with E-state index in [2.05, 4.69) is 26.2 Å². The maximum absolute atomic E-state index is 4.46. The van der Waals surface area contributed by atoms with Crippen molar-refractivity contribution in [2.75, 3.05) is 11.9 Å². The van der Waals surface area contributed by atoms with E-state index in [1.807, 2.05) is 29.3 Å². The van der Waals surface area contributed by atoms with Crippen LogP contribution in [0.3, 0.4) is 0 Å². The fourth-order valence-corrected chi connectivity index (χ4v) is 2.98. The first-order valence-corrected chi connectivity index (χ1v) is 7.67. The zero-order valence-corrected chi connectivity index (χ0v) is 11.9. The second-order valence-corrected chi connectivity index (χ2v) is 5.50. The zero-order chi connectivity index (χ0) is 13.6. The van der Waals surface area contributed by atoms with E-state index in [9.17, 15) is 0 Å². The molecule has 0 aromatic carbocycles. The molecule has 0 aliphatic heterocycles. The van der Waals surface area contributed by atoms with Gasteiger partial charge in [-0.25, -0.2) is 4.98 Å². The Bertz CT molecular complexity index is 496. The molecule has 0 bridgehead atoms. The van der Waals surface area contributed by atoms with Crippen molar-refractivity contribution in [2.24, 2.45) is 0 Å². The summed E-state index contributed by atoms with van der Waals surface area (Å²) >= 11 is 0. The van der Waals surface area contributed by atoms with Crippen molar-refractivity contribution in [1.82, 2.24) is 19.3 Å². The topological polar surface area (TPSA) is 47.7 Å². The van der Waals surface area contributed by atoms with Crippen molar-refractivity contribution in [1.29, 1.82) is 0 Å². The van der Waals surface area contributed by atoms with Gasteiger partial charge in [-0.15, -0.1) is 0 Å². The van der Waals surface area contributed by atoms with Gasteiger partial charge in [0.25, 0.3) is 0 Å². The normalized spacial score (nSPS) is 16.4. The molecule has 0 atom stereocenters. The smallest absolute Gasteiger partial charge is 0.203 e. The molecule has 20 heavy (non-hydrogen) atoms. The third-order valence-electron chi connectivity index (χ3n) is 4.04. The Labute approximate surface area is 120 Å². The summed E-state index contributed by atoms with van der Waals surface area (Å²) in [7, 11) is 0. The van der Waals surface area contributed by atoms with Crippen LogP contribution in [0, 0.1) is 0 Å². The van der Waals surface area contributed by atoms with Crippen LogP contribution in [0.4, 0.5) is 5.95 Å². The second kappa shape index (κ2) is 6.59. The monoisotopic (exact) mass is 273 g/mol. The Morgan fingerprint density at radius 1 is 1.15 bits per heavy atom. The van der Waals surface area contributed by atoms with E-state index < -0.39 is 0 Å². The number of imidazole rings is 1. The molecule has 2 heterocycles. The molecule has 0 saturated heterocycles. The SMILES string of the molecule is c1cnn(CCCNc2nccn2C2CCCCC2)c1. The summed E-state index contributed by atoms with van der Waals surface area (Å²) in [5.74, 6) is 1.03. The number of nitrogens with zero attached hydrogens (tertiary/aromatic N) is 4. The highest BCUT2D eigenvalue weighted by atomic mass is 15.3. The number of aromatic nitrogens is 4. The van der Waals surface area contributed by atoms with Gasteiger partial charge in [0.1, 0.15) is 0 Å². The third kappa shape index (κ3) is 3.21. The fourth-order valence-electron chi connectivity index (χ4n) is 2.98. The van der Waals surface area contributed by atoms with Crippen LogP contribution in [0.15, 0.2) is 30.9 Å². The molecule has 0 unspecified atom stereocenters. The predicted octanol–water partition coefficient (Wildman–Crippen LogP) is 3.09. The van der Waals surface area contributed by atoms with Crippen molar-refractivity contribution >= 4 is 5.95 Å². The van der Waals surface area contributed by atoms with E-state index in [0.29, 0.717) is 6.04 Å². The molecule has 108 valence electrons. The third-order valence-corrected chi connectivity index (χ3v) is 4.04. The molecule has 0 radical (unpaired) electrons. The molecule has 5 heteroatoms. The van der Waals surface area contributed by atoms with Gasteiger partial charge in [-0.3, -0.25) is 4.68 Å². The van der Waals surface area contributed by atoms with Gasteiger partial charge in [0.2, 0.25) is 5.95 Å². The van der Waals surface area contributed by atoms with E-state index in [1.54, 1.807) is 0 Å². The van der Waals surface area contributed by atoms with Crippen LogP contribution in [0.5, 0.6) is 0 Å². The zero-order valence-electron chi connectivity index (χ0n) is 11.9. The molecule has 5 nitrogen and oxygen atoms in total. The molecule has 1 N–H and O–H groups in total. The van der Waals surface area contributed by atoms with Gasteiger partial charge in [-0.05, 0) is 25.3 Å². The number of aryl methyl sites for hydroxylation is 1. The largest absolute Gasteiger partial charge is 0.356 e. The van der Waals surface area contributed by atoms with Crippen LogP contribution in [0.2, 0.25) is 0 Å². The highest BCUT2D eigenvalue weighted by molar-refractivity contribution is 5.26. The van der Waals surface area contributed by atoms with Gasteiger partial charge in [-0.2, -0.15) is 5.10 Å². The molecule has 1 saturated carbocycles. The first-order valence-electron chi connectivity index (χ1n) is 7.67. The maximum atomic E-state index is 4.46. The maximum Gasteiger partial charge on any atom is 0.203 e. The van der Waals surface area contributed by atoms with Gasteiger partial charge in [-0.1, -0.05) is 19.3 Å². The Morgan fingerprint density at radius 2 is 2.05 bits per heavy atom. The molecule has 1 aliphatic rings. The van der Waals surface area contributed by atoms with Crippen LogP contribution in [0.25, 0.3) is 0 Å². The number of nitrogens with one attached hydrogen (secondary N) is 1. The highest BCUT2D eigenvalue weighted by Gasteiger charge is 2.17. The molecule has 0 spiro atoms. The molecule has 0 amide bonds. The Balaban J connectivity index is 1.49. The fraction of sp³-hybridized carbons (Fsp3) is 0.600. The van der Waals surface area contributed by atoms with Crippen LogP contribution in [0.1, 0.15) is 44.6 Å². The van der Waals surface area contributed by atoms with Gasteiger partial charge < -0.3 is 9.88 Å². The first-order chi connectivity index (χ1) is 9.93. The molecular weight excluding hydrogens is 250 g/mol. The molecule has 3 rings (SSSR count). The molecule has 1 fully saturated rings. The highest BCUT2D eigenvalue weighted by Crippen LogP contribution is 2.29. The summed E-state index contributed by atoms with van der Waals surface area (Å²) < 4.78 is 4.29. The van der Waals surface area contributed by atoms with Crippen molar-refractivity contribution < 1.29 is 0 Å². The van der Waals surface area contributed by atoms with Crippen LogP contribution in [-0.2, 0) is 6.54 Å². The van der Waals surface area contributed by atoms with Gasteiger partial charge in [0.15, 0.2) is 0 Å². The lowest BCUT2D eigenvalue weighted by atomic mass is 9.95. The average molecular weight is 273 g/mol. The molecule has 2 aromatic rings. The summed E-state index contributed by atoms with van der Waals surface area (Å²) in [4.78, 5) is 4.46. The number of hydrogen-bond donors (Lipinski definition) is 1. The summed E-state index contributed by atoms with van der Waals surface area (Å²) in [5.41, 5.74) is 0. The summed E-state index contributed by atoms with van der Waals surface area (Å²) in [6.45, 7) is 1.88. The summed E-state index contributed by atoms with van der Waals surface area (Å²) in [6, 6.07) is 2.60. The van der Waals surface area contributed by atoms with Gasteiger partial charge in [0, 0.05) is 43.9 Å². The quantitative estimate of drug-likeness (QED) is 0.823.